The van der Waals surface area contributed by atoms with Gasteiger partial charge in [-0.2, -0.15) is 0 Å². The fraction of sp³-hybridized carbons (Fsp3) is 0.150. The summed E-state index contributed by atoms with van der Waals surface area (Å²) in [5, 5.41) is 11.4. The van der Waals surface area contributed by atoms with Gasteiger partial charge in [0.05, 0.1) is 17.6 Å². The summed E-state index contributed by atoms with van der Waals surface area (Å²) in [5.74, 6) is 0.715. The molecule has 0 atom stereocenters. The lowest BCUT2D eigenvalue weighted by Crippen LogP contribution is -2.04. The van der Waals surface area contributed by atoms with Crippen molar-refractivity contribution in [3.05, 3.63) is 70.4 Å². The highest BCUT2D eigenvalue weighted by Gasteiger charge is 2.16. The standard InChI is InChI=1S/C20H18N6O2.2H2/c1-12-18(24-16(11-22-12)15-7-8-17(27)23-10-15)20-26-25-19(28-20)14-5-3-13(4-6-14)9-21-2;;/h3-8,10-11,21H,9H2,1-2H3,(H,23,27);2*1H. The first-order valence-corrected chi connectivity index (χ1v) is 8.74. The van der Waals surface area contributed by atoms with Crippen LogP contribution in [0.4, 0.5) is 0 Å². The molecule has 0 amide bonds. The highest BCUT2D eigenvalue weighted by molar-refractivity contribution is 5.62. The third-order valence-corrected chi connectivity index (χ3v) is 4.24. The molecule has 4 rings (SSSR count). The molecule has 0 aliphatic rings. The lowest BCUT2D eigenvalue weighted by molar-refractivity contribution is 0.581. The van der Waals surface area contributed by atoms with Crippen LogP contribution in [0.5, 0.6) is 0 Å². The molecule has 0 fully saturated rings. The van der Waals surface area contributed by atoms with Crippen molar-refractivity contribution in [1.82, 2.24) is 30.5 Å². The number of nitrogens with one attached hydrogen (secondary N) is 2. The van der Waals surface area contributed by atoms with E-state index in [1.54, 1.807) is 18.5 Å². The Labute approximate surface area is 163 Å². The smallest absolute Gasteiger partial charge is 0.268 e. The Morgan fingerprint density at radius 2 is 1.82 bits per heavy atom. The van der Waals surface area contributed by atoms with E-state index >= 15 is 0 Å². The van der Waals surface area contributed by atoms with E-state index in [4.69, 9.17) is 4.42 Å². The molecular weight excluding hydrogens is 356 g/mol. The quantitative estimate of drug-likeness (QED) is 0.549. The van der Waals surface area contributed by atoms with E-state index in [1.807, 2.05) is 38.2 Å². The van der Waals surface area contributed by atoms with Gasteiger partial charge < -0.3 is 14.7 Å². The van der Waals surface area contributed by atoms with Gasteiger partial charge in [-0.25, -0.2) is 4.98 Å². The summed E-state index contributed by atoms with van der Waals surface area (Å²) in [5.41, 5.74) is 4.36. The second-order valence-corrected chi connectivity index (χ2v) is 6.27. The Kier molecular flexibility index (Phi) is 4.77. The Morgan fingerprint density at radius 3 is 2.54 bits per heavy atom. The highest BCUT2D eigenvalue weighted by atomic mass is 16.4. The number of hydrogen-bond donors (Lipinski definition) is 2. The molecule has 0 bridgehead atoms. The normalized spacial score (nSPS) is 10.9. The van der Waals surface area contributed by atoms with E-state index in [2.05, 4.69) is 30.5 Å². The first kappa shape index (κ1) is 17.7. The van der Waals surface area contributed by atoms with E-state index < -0.39 is 0 Å². The molecule has 3 heterocycles. The number of nitrogens with zero attached hydrogens (tertiary/aromatic N) is 4. The number of benzene rings is 1. The third-order valence-electron chi connectivity index (χ3n) is 4.24. The van der Waals surface area contributed by atoms with Crippen LogP contribution in [-0.4, -0.2) is 32.2 Å². The number of hydrogen-bond acceptors (Lipinski definition) is 7. The zero-order chi connectivity index (χ0) is 19.5. The lowest BCUT2D eigenvalue weighted by atomic mass is 10.1. The van der Waals surface area contributed by atoms with Crippen molar-refractivity contribution in [3.63, 3.8) is 0 Å². The summed E-state index contributed by atoms with van der Waals surface area (Å²) in [6.07, 6.45) is 3.24. The van der Waals surface area contributed by atoms with E-state index in [9.17, 15) is 4.79 Å². The van der Waals surface area contributed by atoms with Gasteiger partial charge in [-0.05, 0) is 37.7 Å². The van der Waals surface area contributed by atoms with Crippen LogP contribution in [0.1, 0.15) is 14.1 Å². The molecule has 8 heteroatoms. The maximum atomic E-state index is 11.3. The van der Waals surface area contributed by atoms with E-state index in [0.717, 1.165) is 17.7 Å². The van der Waals surface area contributed by atoms with Crippen molar-refractivity contribution in [2.75, 3.05) is 7.05 Å². The largest absolute Gasteiger partial charge is 0.415 e. The minimum absolute atomic E-state index is 0. The minimum Gasteiger partial charge on any atom is -0.415 e. The molecule has 3 aromatic heterocycles. The van der Waals surface area contributed by atoms with Gasteiger partial charge in [-0.3, -0.25) is 9.78 Å². The van der Waals surface area contributed by atoms with E-state index in [0.29, 0.717) is 28.9 Å². The summed E-state index contributed by atoms with van der Waals surface area (Å²) in [6, 6.07) is 11.0. The van der Waals surface area contributed by atoms with Crippen LogP contribution < -0.4 is 10.9 Å². The Morgan fingerprint density at radius 1 is 1.07 bits per heavy atom. The number of aromatic nitrogens is 5. The van der Waals surface area contributed by atoms with E-state index in [1.165, 1.54) is 11.6 Å². The van der Waals surface area contributed by atoms with Gasteiger partial charge in [0.15, 0.2) is 0 Å². The van der Waals surface area contributed by atoms with Gasteiger partial charge in [0.25, 0.3) is 5.89 Å². The second-order valence-electron chi connectivity index (χ2n) is 6.27. The van der Waals surface area contributed by atoms with Crippen molar-refractivity contribution < 1.29 is 7.27 Å². The molecule has 0 unspecified atom stereocenters. The fourth-order valence-corrected chi connectivity index (χ4v) is 2.77. The van der Waals surface area contributed by atoms with Gasteiger partial charge in [-0.1, -0.05) is 12.1 Å². The molecule has 28 heavy (non-hydrogen) atoms. The van der Waals surface area contributed by atoms with Crippen LogP contribution >= 0.6 is 0 Å². The number of pyridine rings is 1. The van der Waals surface area contributed by atoms with Gasteiger partial charge in [0.2, 0.25) is 11.4 Å². The molecule has 144 valence electrons. The number of rotatable bonds is 5. The van der Waals surface area contributed by atoms with Crippen molar-refractivity contribution in [1.29, 1.82) is 0 Å². The van der Waals surface area contributed by atoms with Gasteiger partial charge in [0.1, 0.15) is 5.69 Å². The van der Waals surface area contributed by atoms with Crippen LogP contribution in [-0.2, 0) is 6.54 Å². The van der Waals surface area contributed by atoms with Gasteiger partial charge in [0, 0.05) is 32.8 Å². The fourth-order valence-electron chi connectivity index (χ4n) is 2.77. The van der Waals surface area contributed by atoms with Crippen LogP contribution in [0.15, 0.2) is 58.0 Å². The van der Waals surface area contributed by atoms with Gasteiger partial charge >= 0.3 is 0 Å². The summed E-state index contributed by atoms with van der Waals surface area (Å²) < 4.78 is 5.85. The average Bonchev–Trinajstić information content (AvgIpc) is 3.20. The summed E-state index contributed by atoms with van der Waals surface area (Å²) in [4.78, 5) is 22.9. The molecule has 0 spiro atoms. The van der Waals surface area contributed by atoms with Crippen LogP contribution in [0.2, 0.25) is 0 Å². The third kappa shape index (κ3) is 3.58. The maximum absolute atomic E-state index is 11.3. The van der Waals surface area contributed by atoms with Crippen molar-refractivity contribution in [2.45, 2.75) is 13.5 Å². The molecule has 0 saturated heterocycles. The maximum Gasteiger partial charge on any atom is 0.268 e. The van der Waals surface area contributed by atoms with Crippen LogP contribution in [0.25, 0.3) is 34.3 Å². The SMILES string of the molecule is CNCc1ccc(-c2nnc(-c3nc(-c4ccc(=O)[nH]c4)cnc3C)o2)cc1.[HH].[HH]. The van der Waals surface area contributed by atoms with Crippen LogP contribution in [0, 0.1) is 6.92 Å². The first-order valence-electron chi connectivity index (χ1n) is 8.74. The lowest BCUT2D eigenvalue weighted by Gasteiger charge is -2.04. The summed E-state index contributed by atoms with van der Waals surface area (Å²) in [7, 11) is 1.91. The number of H-pyrrole nitrogens is 1. The minimum atomic E-state index is -0.175. The molecule has 0 radical (unpaired) electrons. The van der Waals surface area contributed by atoms with Crippen molar-refractivity contribution in [3.8, 4) is 34.3 Å². The molecular formula is C20H22N6O2. The Bertz CT molecular complexity index is 1150. The van der Waals surface area contributed by atoms with Gasteiger partial charge in [-0.15, -0.1) is 10.2 Å². The average molecular weight is 378 g/mol. The zero-order valence-corrected chi connectivity index (χ0v) is 15.4. The monoisotopic (exact) mass is 378 g/mol. The number of aryl methyl sites for hydroxylation is 1. The van der Waals surface area contributed by atoms with Crippen molar-refractivity contribution in [2.24, 2.45) is 0 Å². The topological polar surface area (TPSA) is 110 Å². The highest BCUT2D eigenvalue weighted by Crippen LogP contribution is 2.26. The Hall–Kier alpha value is -3.65. The second kappa shape index (κ2) is 7.53. The van der Waals surface area contributed by atoms with Crippen LogP contribution in [0.3, 0.4) is 0 Å². The van der Waals surface area contributed by atoms with E-state index in [-0.39, 0.29) is 8.41 Å². The predicted octanol–water partition coefficient (Wildman–Crippen LogP) is 3.07. The number of aromatic amines is 1. The molecule has 2 N–H and O–H groups in total. The first-order chi connectivity index (χ1) is 13.6. The molecule has 8 nitrogen and oxygen atoms in total. The molecule has 4 aromatic rings. The molecule has 0 aliphatic carbocycles. The molecule has 0 saturated carbocycles. The molecule has 1 aromatic carbocycles. The summed E-state index contributed by atoms with van der Waals surface area (Å²) in [6.45, 7) is 2.62. The zero-order valence-electron chi connectivity index (χ0n) is 15.4. The Balaban J connectivity index is 0.00000160. The summed E-state index contributed by atoms with van der Waals surface area (Å²) >= 11 is 0. The molecule has 0 aliphatic heterocycles. The predicted molar refractivity (Wildman–Crippen MR) is 109 cm³/mol. The van der Waals surface area contributed by atoms with Crippen molar-refractivity contribution >= 4 is 0 Å².